The number of hydrogen-bond donors (Lipinski definition) is 1. The number of nitrogens with one attached hydrogen (secondary N) is 1. The van der Waals surface area contributed by atoms with Crippen LogP contribution in [0.3, 0.4) is 0 Å². The molecule has 0 saturated carbocycles. The summed E-state index contributed by atoms with van der Waals surface area (Å²) in [5, 5.41) is 8.49. The molecule has 18 heavy (non-hydrogen) atoms. The van der Waals surface area contributed by atoms with Gasteiger partial charge in [-0.2, -0.15) is 5.10 Å². The van der Waals surface area contributed by atoms with Gasteiger partial charge < -0.3 is 10.1 Å². The largest absolute Gasteiger partial charge is 0.380 e. The zero-order valence-electron chi connectivity index (χ0n) is 11.8. The van der Waals surface area contributed by atoms with Gasteiger partial charge >= 0.3 is 0 Å². The van der Waals surface area contributed by atoms with E-state index < -0.39 is 0 Å². The molecule has 1 heterocycles. The molecule has 0 radical (unpaired) electrons. The van der Waals surface area contributed by atoms with Crippen molar-refractivity contribution in [3.63, 3.8) is 0 Å². The highest BCUT2D eigenvalue weighted by Crippen LogP contribution is 2.19. The van der Waals surface area contributed by atoms with Crippen LogP contribution >= 0.6 is 11.6 Å². The highest BCUT2D eigenvalue weighted by molar-refractivity contribution is 6.31. The molecule has 4 nitrogen and oxygen atoms in total. The second-order valence-electron chi connectivity index (χ2n) is 4.81. The van der Waals surface area contributed by atoms with Crippen LogP contribution < -0.4 is 5.32 Å². The topological polar surface area (TPSA) is 39.1 Å². The Morgan fingerprint density at radius 2 is 2.17 bits per heavy atom. The van der Waals surface area contributed by atoms with Crippen LogP contribution in [0.2, 0.25) is 5.02 Å². The van der Waals surface area contributed by atoms with Gasteiger partial charge in [-0.15, -0.1) is 0 Å². The number of hydrogen-bond acceptors (Lipinski definition) is 3. The van der Waals surface area contributed by atoms with Crippen molar-refractivity contribution < 1.29 is 4.74 Å². The van der Waals surface area contributed by atoms with Gasteiger partial charge in [-0.3, -0.25) is 4.68 Å². The lowest BCUT2D eigenvalue weighted by molar-refractivity contribution is 0.111. The first-order chi connectivity index (χ1) is 8.56. The summed E-state index contributed by atoms with van der Waals surface area (Å²) in [5.74, 6) is 0.587. The Labute approximate surface area is 115 Å². The van der Waals surface area contributed by atoms with E-state index in [1.54, 1.807) is 0 Å². The lowest BCUT2D eigenvalue weighted by atomic mass is 10.2. The summed E-state index contributed by atoms with van der Waals surface area (Å²) >= 11 is 6.22. The molecular weight excluding hydrogens is 250 g/mol. The van der Waals surface area contributed by atoms with E-state index in [0.29, 0.717) is 5.92 Å². The quantitative estimate of drug-likeness (QED) is 0.740. The van der Waals surface area contributed by atoms with E-state index in [1.165, 1.54) is 0 Å². The summed E-state index contributed by atoms with van der Waals surface area (Å²) in [6, 6.07) is 0. The normalized spacial score (nSPS) is 11.4. The van der Waals surface area contributed by atoms with E-state index in [9.17, 15) is 0 Å². The molecule has 0 spiro atoms. The van der Waals surface area contributed by atoms with Crippen LogP contribution in [0.1, 0.15) is 32.2 Å². The molecule has 0 fully saturated rings. The molecule has 1 rings (SSSR count). The third-order valence-corrected chi connectivity index (χ3v) is 3.11. The minimum Gasteiger partial charge on any atom is -0.380 e. The average molecular weight is 274 g/mol. The molecule has 0 unspecified atom stereocenters. The monoisotopic (exact) mass is 273 g/mol. The molecule has 1 N–H and O–H groups in total. The van der Waals surface area contributed by atoms with Gasteiger partial charge in [-0.05, 0) is 19.8 Å². The highest BCUT2D eigenvalue weighted by atomic mass is 35.5. The van der Waals surface area contributed by atoms with Gasteiger partial charge in [0.25, 0.3) is 0 Å². The molecule has 0 aliphatic carbocycles. The van der Waals surface area contributed by atoms with Crippen molar-refractivity contribution in [1.29, 1.82) is 0 Å². The van der Waals surface area contributed by atoms with Crippen molar-refractivity contribution in [2.45, 2.75) is 40.8 Å². The van der Waals surface area contributed by atoms with Crippen molar-refractivity contribution in [3.05, 3.63) is 16.4 Å². The van der Waals surface area contributed by atoms with Crippen LogP contribution in [0.15, 0.2) is 0 Å². The van der Waals surface area contributed by atoms with Gasteiger partial charge in [0.1, 0.15) is 0 Å². The summed E-state index contributed by atoms with van der Waals surface area (Å²) in [4.78, 5) is 0. The summed E-state index contributed by atoms with van der Waals surface area (Å²) in [6.45, 7) is 12.3. The smallest absolute Gasteiger partial charge is 0.0860 e. The molecule has 104 valence electrons. The summed E-state index contributed by atoms with van der Waals surface area (Å²) in [5.41, 5.74) is 1.95. The van der Waals surface area contributed by atoms with E-state index >= 15 is 0 Å². The number of aromatic nitrogens is 2. The fourth-order valence-corrected chi connectivity index (χ4v) is 1.91. The lowest BCUT2D eigenvalue weighted by Gasteiger charge is -2.09. The fraction of sp³-hybridized carbons (Fsp3) is 0.769. The van der Waals surface area contributed by atoms with Crippen molar-refractivity contribution in [3.8, 4) is 0 Å². The first-order valence-electron chi connectivity index (χ1n) is 6.56. The molecule has 1 aromatic heterocycles. The zero-order valence-corrected chi connectivity index (χ0v) is 12.5. The predicted molar refractivity (Wildman–Crippen MR) is 75.0 cm³/mol. The Balaban J connectivity index is 2.31. The number of rotatable bonds is 8. The van der Waals surface area contributed by atoms with Crippen molar-refractivity contribution in [1.82, 2.24) is 15.1 Å². The minimum atomic E-state index is 0.587. The van der Waals surface area contributed by atoms with Crippen LogP contribution in [0.25, 0.3) is 0 Å². The summed E-state index contributed by atoms with van der Waals surface area (Å²) in [6.07, 6.45) is 0. The lowest BCUT2D eigenvalue weighted by Crippen LogP contribution is -2.22. The van der Waals surface area contributed by atoms with Crippen LogP contribution in [0, 0.1) is 12.8 Å². The maximum absolute atomic E-state index is 6.22. The van der Waals surface area contributed by atoms with Crippen molar-refractivity contribution in [2.24, 2.45) is 5.92 Å². The Morgan fingerprint density at radius 1 is 1.44 bits per heavy atom. The van der Waals surface area contributed by atoms with Gasteiger partial charge in [0.05, 0.1) is 23.0 Å². The zero-order chi connectivity index (χ0) is 13.5. The van der Waals surface area contributed by atoms with E-state index in [2.05, 4.69) is 31.2 Å². The fourth-order valence-electron chi connectivity index (χ4n) is 1.71. The van der Waals surface area contributed by atoms with Gasteiger partial charge in [0.15, 0.2) is 0 Å². The van der Waals surface area contributed by atoms with Crippen LogP contribution in [0.4, 0.5) is 0 Å². The minimum absolute atomic E-state index is 0.587. The van der Waals surface area contributed by atoms with Gasteiger partial charge in [0, 0.05) is 26.2 Å². The van der Waals surface area contributed by atoms with Gasteiger partial charge in [0.2, 0.25) is 0 Å². The summed E-state index contributed by atoms with van der Waals surface area (Å²) in [7, 11) is 0. The van der Waals surface area contributed by atoms with E-state index in [0.717, 1.165) is 49.3 Å². The molecule has 0 atom stereocenters. The van der Waals surface area contributed by atoms with Crippen LogP contribution in [0.5, 0.6) is 0 Å². The number of nitrogens with zero attached hydrogens (tertiary/aromatic N) is 2. The number of halogens is 1. The maximum atomic E-state index is 6.22. The SMILES string of the molecule is CCn1nc(C)c(Cl)c1CNCCOCC(C)C. The Hall–Kier alpha value is -0.580. The number of aryl methyl sites for hydroxylation is 2. The molecule has 0 aliphatic heterocycles. The van der Waals surface area contributed by atoms with E-state index in [-0.39, 0.29) is 0 Å². The molecule has 0 saturated heterocycles. The first kappa shape index (κ1) is 15.5. The van der Waals surface area contributed by atoms with Crippen LogP contribution in [-0.4, -0.2) is 29.5 Å². The molecule has 0 bridgehead atoms. The van der Waals surface area contributed by atoms with Crippen LogP contribution in [-0.2, 0) is 17.8 Å². The third-order valence-electron chi connectivity index (χ3n) is 2.62. The molecular formula is C13H24ClN3O. The third kappa shape index (κ3) is 4.59. The maximum Gasteiger partial charge on any atom is 0.0860 e. The van der Waals surface area contributed by atoms with Crippen molar-refractivity contribution in [2.75, 3.05) is 19.8 Å². The van der Waals surface area contributed by atoms with Crippen molar-refractivity contribution >= 4 is 11.6 Å². The standard InChI is InChI=1S/C13H24ClN3O/c1-5-17-12(13(14)11(4)16-17)8-15-6-7-18-9-10(2)3/h10,15H,5-9H2,1-4H3. The molecule has 0 amide bonds. The van der Waals surface area contributed by atoms with Gasteiger partial charge in [-0.25, -0.2) is 0 Å². The molecule has 1 aromatic rings. The summed E-state index contributed by atoms with van der Waals surface area (Å²) < 4.78 is 7.45. The average Bonchev–Trinajstić information content (AvgIpc) is 2.60. The highest BCUT2D eigenvalue weighted by Gasteiger charge is 2.11. The molecule has 5 heteroatoms. The van der Waals surface area contributed by atoms with E-state index in [1.807, 2.05) is 11.6 Å². The molecule has 0 aliphatic rings. The first-order valence-corrected chi connectivity index (χ1v) is 6.94. The van der Waals surface area contributed by atoms with E-state index in [4.69, 9.17) is 16.3 Å². The Morgan fingerprint density at radius 3 is 2.78 bits per heavy atom. The predicted octanol–water partition coefficient (Wildman–Crippen LogP) is 2.63. The Bertz CT molecular complexity index is 363. The molecule has 0 aromatic carbocycles. The number of ether oxygens (including phenoxy) is 1. The Kier molecular flexibility index (Phi) is 6.68. The second-order valence-corrected chi connectivity index (χ2v) is 5.19. The second kappa shape index (κ2) is 7.77. The van der Waals surface area contributed by atoms with Gasteiger partial charge in [-0.1, -0.05) is 25.4 Å².